The Kier molecular flexibility index (Phi) is 3.29. The van der Waals surface area contributed by atoms with Crippen LogP contribution in [0.2, 0.25) is 0 Å². The monoisotopic (exact) mass is 212 g/mol. The van der Waals surface area contributed by atoms with Crippen LogP contribution in [0.15, 0.2) is 0 Å². The number of carbonyl (C=O) groups is 1. The van der Waals surface area contributed by atoms with Gasteiger partial charge in [-0.15, -0.1) is 0 Å². The first kappa shape index (κ1) is 10.9. The Bertz CT molecular complexity index is 225. The zero-order valence-corrected chi connectivity index (χ0v) is 9.21. The summed E-state index contributed by atoms with van der Waals surface area (Å²) in [5, 5.41) is 9.01. The summed E-state index contributed by atoms with van der Waals surface area (Å²) in [5.41, 5.74) is -0.0355. The molecule has 3 heteroatoms. The summed E-state index contributed by atoms with van der Waals surface area (Å²) in [4.78, 5) is 10.9. The third-order valence-corrected chi connectivity index (χ3v) is 4.11. The molecular weight excluding hydrogens is 192 g/mol. The SMILES string of the molecule is O=C(O)CC1(C2CCCCC2)CCOC1. The van der Waals surface area contributed by atoms with Crippen molar-refractivity contribution in [2.75, 3.05) is 13.2 Å². The van der Waals surface area contributed by atoms with E-state index in [9.17, 15) is 4.79 Å². The molecule has 1 aliphatic heterocycles. The molecule has 0 radical (unpaired) electrons. The summed E-state index contributed by atoms with van der Waals surface area (Å²) in [6.45, 7) is 1.42. The molecule has 15 heavy (non-hydrogen) atoms. The maximum atomic E-state index is 10.9. The van der Waals surface area contributed by atoms with E-state index >= 15 is 0 Å². The Morgan fingerprint density at radius 1 is 1.33 bits per heavy atom. The summed E-state index contributed by atoms with van der Waals surface area (Å²) in [7, 11) is 0. The standard InChI is InChI=1S/C12H20O3/c13-11(14)8-12(6-7-15-9-12)10-4-2-1-3-5-10/h10H,1-9H2,(H,13,14). The van der Waals surface area contributed by atoms with Gasteiger partial charge in [0.25, 0.3) is 0 Å². The average Bonchev–Trinajstić information content (AvgIpc) is 2.68. The highest BCUT2D eigenvalue weighted by molar-refractivity contribution is 5.67. The van der Waals surface area contributed by atoms with Gasteiger partial charge in [0.1, 0.15) is 0 Å². The zero-order valence-electron chi connectivity index (χ0n) is 9.21. The number of carboxylic acids is 1. The number of ether oxygens (including phenoxy) is 1. The molecule has 1 saturated heterocycles. The summed E-state index contributed by atoms with van der Waals surface area (Å²) in [6, 6.07) is 0. The van der Waals surface area contributed by atoms with Crippen LogP contribution in [0.4, 0.5) is 0 Å². The lowest BCUT2D eigenvalue weighted by Gasteiger charge is -2.37. The fraction of sp³-hybridized carbons (Fsp3) is 0.917. The molecule has 2 rings (SSSR count). The fourth-order valence-corrected chi connectivity index (χ4v) is 3.24. The second-order valence-corrected chi connectivity index (χ2v) is 5.07. The lowest BCUT2D eigenvalue weighted by molar-refractivity contribution is -0.141. The maximum Gasteiger partial charge on any atom is 0.304 e. The van der Waals surface area contributed by atoms with Crippen molar-refractivity contribution >= 4 is 5.97 Å². The molecule has 0 amide bonds. The van der Waals surface area contributed by atoms with Crippen molar-refractivity contribution in [2.45, 2.75) is 44.9 Å². The molecule has 0 aromatic heterocycles. The van der Waals surface area contributed by atoms with Gasteiger partial charge < -0.3 is 9.84 Å². The van der Waals surface area contributed by atoms with Gasteiger partial charge >= 0.3 is 5.97 Å². The number of hydrogen-bond donors (Lipinski definition) is 1. The molecule has 1 unspecified atom stereocenters. The second-order valence-electron chi connectivity index (χ2n) is 5.07. The third-order valence-electron chi connectivity index (χ3n) is 4.11. The predicted octanol–water partition coefficient (Wildman–Crippen LogP) is 2.45. The highest BCUT2D eigenvalue weighted by atomic mass is 16.5. The zero-order chi connectivity index (χ0) is 10.7. The van der Waals surface area contributed by atoms with Gasteiger partial charge in [0.05, 0.1) is 13.0 Å². The minimum absolute atomic E-state index is 0.0355. The summed E-state index contributed by atoms with van der Waals surface area (Å²) >= 11 is 0. The topological polar surface area (TPSA) is 46.5 Å². The van der Waals surface area contributed by atoms with Gasteiger partial charge in [-0.3, -0.25) is 4.79 Å². The molecular formula is C12H20O3. The minimum atomic E-state index is -0.661. The van der Waals surface area contributed by atoms with Crippen molar-refractivity contribution in [3.63, 3.8) is 0 Å². The molecule has 3 nitrogen and oxygen atoms in total. The highest BCUT2D eigenvalue weighted by Crippen LogP contribution is 2.46. The predicted molar refractivity (Wildman–Crippen MR) is 56.7 cm³/mol. The van der Waals surface area contributed by atoms with E-state index in [-0.39, 0.29) is 5.41 Å². The fourth-order valence-electron chi connectivity index (χ4n) is 3.24. The summed E-state index contributed by atoms with van der Waals surface area (Å²) in [6.07, 6.45) is 7.52. The quantitative estimate of drug-likeness (QED) is 0.781. The van der Waals surface area contributed by atoms with E-state index in [0.717, 1.165) is 13.0 Å². The van der Waals surface area contributed by atoms with E-state index in [1.54, 1.807) is 0 Å². The average molecular weight is 212 g/mol. The first-order chi connectivity index (χ1) is 7.23. The number of carboxylic acid groups (broad SMARTS) is 1. The van der Waals surface area contributed by atoms with Crippen LogP contribution < -0.4 is 0 Å². The molecule has 1 aliphatic carbocycles. The van der Waals surface area contributed by atoms with Crippen molar-refractivity contribution in [1.82, 2.24) is 0 Å². The minimum Gasteiger partial charge on any atom is -0.481 e. The Balaban J connectivity index is 2.06. The van der Waals surface area contributed by atoms with Gasteiger partial charge in [-0.1, -0.05) is 19.3 Å². The molecule has 2 fully saturated rings. The van der Waals surface area contributed by atoms with Crippen LogP contribution in [-0.2, 0) is 9.53 Å². The van der Waals surface area contributed by atoms with E-state index in [1.807, 2.05) is 0 Å². The van der Waals surface area contributed by atoms with Crippen molar-refractivity contribution < 1.29 is 14.6 Å². The first-order valence-electron chi connectivity index (χ1n) is 6.02. The van der Waals surface area contributed by atoms with E-state index in [1.165, 1.54) is 32.1 Å². The van der Waals surface area contributed by atoms with Crippen LogP contribution >= 0.6 is 0 Å². The molecule has 0 aromatic carbocycles. The van der Waals surface area contributed by atoms with Crippen molar-refractivity contribution in [3.05, 3.63) is 0 Å². The lowest BCUT2D eigenvalue weighted by atomic mass is 9.66. The van der Waals surface area contributed by atoms with Crippen LogP contribution in [0.5, 0.6) is 0 Å². The van der Waals surface area contributed by atoms with E-state index in [0.29, 0.717) is 18.9 Å². The van der Waals surface area contributed by atoms with Gasteiger partial charge in [-0.05, 0) is 25.2 Å². The highest BCUT2D eigenvalue weighted by Gasteiger charge is 2.43. The van der Waals surface area contributed by atoms with Crippen LogP contribution in [0.25, 0.3) is 0 Å². The molecule has 86 valence electrons. The Morgan fingerprint density at radius 3 is 2.60 bits per heavy atom. The number of hydrogen-bond acceptors (Lipinski definition) is 2. The lowest BCUT2D eigenvalue weighted by Crippen LogP contribution is -2.35. The van der Waals surface area contributed by atoms with E-state index < -0.39 is 5.97 Å². The van der Waals surface area contributed by atoms with Gasteiger partial charge in [0.2, 0.25) is 0 Å². The van der Waals surface area contributed by atoms with Gasteiger partial charge in [0, 0.05) is 12.0 Å². The number of rotatable bonds is 3. The van der Waals surface area contributed by atoms with Crippen LogP contribution in [-0.4, -0.2) is 24.3 Å². The van der Waals surface area contributed by atoms with Crippen LogP contribution in [0.1, 0.15) is 44.9 Å². The molecule has 0 aromatic rings. The normalized spacial score (nSPS) is 33.1. The first-order valence-corrected chi connectivity index (χ1v) is 6.02. The molecule has 0 bridgehead atoms. The molecule has 1 heterocycles. The van der Waals surface area contributed by atoms with Crippen LogP contribution in [0.3, 0.4) is 0 Å². The van der Waals surface area contributed by atoms with Crippen molar-refractivity contribution in [3.8, 4) is 0 Å². The second kappa shape index (κ2) is 4.52. The molecule has 0 spiro atoms. The molecule has 1 atom stereocenters. The van der Waals surface area contributed by atoms with Gasteiger partial charge in [-0.25, -0.2) is 0 Å². The molecule has 1 saturated carbocycles. The van der Waals surface area contributed by atoms with E-state index in [4.69, 9.17) is 9.84 Å². The third kappa shape index (κ3) is 2.33. The van der Waals surface area contributed by atoms with Gasteiger partial charge in [0.15, 0.2) is 0 Å². The summed E-state index contributed by atoms with van der Waals surface area (Å²) < 4.78 is 5.45. The smallest absolute Gasteiger partial charge is 0.304 e. The molecule has 1 N–H and O–H groups in total. The van der Waals surface area contributed by atoms with Crippen molar-refractivity contribution in [2.24, 2.45) is 11.3 Å². The van der Waals surface area contributed by atoms with Crippen LogP contribution in [0, 0.1) is 11.3 Å². The largest absolute Gasteiger partial charge is 0.481 e. The Labute approximate surface area is 90.8 Å². The Morgan fingerprint density at radius 2 is 2.07 bits per heavy atom. The van der Waals surface area contributed by atoms with E-state index in [2.05, 4.69) is 0 Å². The molecule has 2 aliphatic rings. The van der Waals surface area contributed by atoms with Crippen molar-refractivity contribution in [1.29, 1.82) is 0 Å². The Hall–Kier alpha value is -0.570. The summed E-state index contributed by atoms with van der Waals surface area (Å²) in [5.74, 6) is -0.0732. The van der Waals surface area contributed by atoms with Gasteiger partial charge in [-0.2, -0.15) is 0 Å². The number of aliphatic carboxylic acids is 1. The maximum absolute atomic E-state index is 10.9.